The average Bonchev–Trinajstić information content (AvgIpc) is 3.11. The first kappa shape index (κ1) is 20.6. The summed E-state index contributed by atoms with van der Waals surface area (Å²) in [5.41, 5.74) is 3.06. The molecule has 154 valence electrons. The van der Waals surface area contributed by atoms with Crippen molar-refractivity contribution in [3.8, 4) is 0 Å². The number of rotatable bonds is 5. The Bertz CT molecular complexity index is 1070. The van der Waals surface area contributed by atoms with E-state index in [0.717, 1.165) is 21.8 Å². The van der Waals surface area contributed by atoms with Crippen molar-refractivity contribution in [1.82, 2.24) is 0 Å². The average molecular weight is 443 g/mol. The van der Waals surface area contributed by atoms with E-state index in [-0.39, 0.29) is 24.4 Å². The lowest BCUT2D eigenvalue weighted by Crippen LogP contribution is -2.23. The maximum atomic E-state index is 12.4. The summed E-state index contributed by atoms with van der Waals surface area (Å²) in [6, 6.07) is 15.3. The van der Waals surface area contributed by atoms with Crippen molar-refractivity contribution in [1.29, 1.82) is 0 Å². The first-order chi connectivity index (χ1) is 14.5. The van der Waals surface area contributed by atoms with Crippen LogP contribution in [-0.4, -0.2) is 30.8 Å². The number of allylic oxidation sites excluding steroid dienone is 1. The molecule has 0 saturated heterocycles. The number of aliphatic hydroxyl groups is 1. The van der Waals surface area contributed by atoms with Crippen molar-refractivity contribution in [2.75, 3.05) is 13.7 Å². The zero-order chi connectivity index (χ0) is 21.3. The van der Waals surface area contributed by atoms with Crippen molar-refractivity contribution >= 4 is 35.3 Å². The predicted molar refractivity (Wildman–Crippen MR) is 114 cm³/mol. The molecule has 1 N–H and O–H groups in total. The van der Waals surface area contributed by atoms with Crippen molar-refractivity contribution in [3.63, 3.8) is 0 Å². The van der Waals surface area contributed by atoms with Crippen LogP contribution in [0.2, 0.25) is 5.02 Å². The molecule has 1 aliphatic carbocycles. The zero-order valence-corrected chi connectivity index (χ0v) is 17.8. The van der Waals surface area contributed by atoms with Gasteiger partial charge >= 0.3 is 11.9 Å². The van der Waals surface area contributed by atoms with Gasteiger partial charge in [0.05, 0.1) is 24.2 Å². The van der Waals surface area contributed by atoms with Crippen LogP contribution < -0.4 is 0 Å². The first-order valence-corrected chi connectivity index (χ1v) is 10.7. The normalized spacial score (nSPS) is 18.3. The SMILES string of the molecule is COC(=O)C1=C(O)CC2=C(C(=O)OC2)C1c1ccc(SCc2cccc(Cl)c2)cc1. The molecule has 0 fully saturated rings. The molecule has 2 aromatic rings. The molecule has 0 spiro atoms. The summed E-state index contributed by atoms with van der Waals surface area (Å²) in [5, 5.41) is 11.2. The van der Waals surface area contributed by atoms with E-state index in [9.17, 15) is 14.7 Å². The predicted octanol–water partition coefficient (Wildman–Crippen LogP) is 4.96. The Balaban J connectivity index is 1.61. The summed E-state index contributed by atoms with van der Waals surface area (Å²) < 4.78 is 10.0. The number of aliphatic hydroxyl groups excluding tert-OH is 1. The molecule has 4 rings (SSSR count). The lowest BCUT2D eigenvalue weighted by atomic mass is 9.77. The topological polar surface area (TPSA) is 72.8 Å². The second-order valence-electron chi connectivity index (χ2n) is 7.04. The van der Waals surface area contributed by atoms with E-state index >= 15 is 0 Å². The van der Waals surface area contributed by atoms with Crippen LogP contribution in [0.3, 0.4) is 0 Å². The van der Waals surface area contributed by atoms with Crippen LogP contribution in [0.1, 0.15) is 23.5 Å². The van der Waals surface area contributed by atoms with E-state index < -0.39 is 17.9 Å². The number of carbonyl (C=O) groups excluding carboxylic acids is 2. The molecule has 1 atom stereocenters. The summed E-state index contributed by atoms with van der Waals surface area (Å²) in [6.07, 6.45) is 0.121. The molecule has 2 aromatic carbocycles. The molecule has 30 heavy (non-hydrogen) atoms. The van der Waals surface area contributed by atoms with Crippen LogP contribution in [0.15, 0.2) is 75.9 Å². The molecule has 2 aliphatic rings. The number of hydrogen-bond acceptors (Lipinski definition) is 6. The lowest BCUT2D eigenvalue weighted by molar-refractivity contribution is -0.136. The van der Waals surface area contributed by atoms with E-state index in [4.69, 9.17) is 21.1 Å². The van der Waals surface area contributed by atoms with E-state index in [0.29, 0.717) is 16.2 Å². The van der Waals surface area contributed by atoms with Gasteiger partial charge in [0.15, 0.2) is 0 Å². The largest absolute Gasteiger partial charge is 0.511 e. The van der Waals surface area contributed by atoms with Crippen molar-refractivity contribution in [2.24, 2.45) is 0 Å². The van der Waals surface area contributed by atoms with Gasteiger partial charge in [-0.1, -0.05) is 35.9 Å². The monoisotopic (exact) mass is 442 g/mol. The number of ether oxygens (including phenoxy) is 2. The highest BCUT2D eigenvalue weighted by atomic mass is 35.5. The van der Waals surface area contributed by atoms with Crippen molar-refractivity contribution < 1.29 is 24.2 Å². The fourth-order valence-electron chi connectivity index (χ4n) is 3.76. The Labute approximate surface area is 183 Å². The van der Waals surface area contributed by atoms with Crippen molar-refractivity contribution in [3.05, 3.63) is 87.2 Å². The van der Waals surface area contributed by atoms with Crippen LogP contribution in [0.25, 0.3) is 0 Å². The van der Waals surface area contributed by atoms with E-state index in [1.807, 2.05) is 48.5 Å². The van der Waals surface area contributed by atoms with E-state index in [1.165, 1.54) is 7.11 Å². The smallest absolute Gasteiger partial charge is 0.338 e. The minimum absolute atomic E-state index is 0.0803. The number of methoxy groups -OCH3 is 1. The Morgan fingerprint density at radius 1 is 1.27 bits per heavy atom. The highest BCUT2D eigenvalue weighted by Crippen LogP contribution is 2.44. The summed E-state index contributed by atoms with van der Waals surface area (Å²) in [5.74, 6) is -1.13. The van der Waals surface area contributed by atoms with Gasteiger partial charge in [0, 0.05) is 22.1 Å². The standard InChI is InChI=1S/C23H19ClO5S/c1-28-22(26)21-18(25)10-15-11-29-23(27)20(15)19(21)14-5-7-17(8-6-14)30-12-13-3-2-4-16(24)9-13/h2-9,19,25H,10-12H2,1H3. The highest BCUT2D eigenvalue weighted by molar-refractivity contribution is 7.98. The van der Waals surface area contributed by atoms with Crippen molar-refractivity contribution in [2.45, 2.75) is 23.0 Å². The number of esters is 2. The highest BCUT2D eigenvalue weighted by Gasteiger charge is 2.42. The molecule has 5 nitrogen and oxygen atoms in total. The molecule has 1 heterocycles. The molecule has 0 saturated carbocycles. The third kappa shape index (κ3) is 3.98. The molecule has 0 amide bonds. The molecule has 0 aromatic heterocycles. The first-order valence-electron chi connectivity index (χ1n) is 9.34. The summed E-state index contributed by atoms with van der Waals surface area (Å²) in [4.78, 5) is 25.8. The van der Waals surface area contributed by atoms with Gasteiger partial charge in [0.25, 0.3) is 0 Å². The molecular weight excluding hydrogens is 424 g/mol. The van der Waals surface area contributed by atoms with Gasteiger partial charge in [-0.2, -0.15) is 0 Å². The quantitative estimate of drug-likeness (QED) is 0.521. The Morgan fingerprint density at radius 3 is 2.73 bits per heavy atom. The Hall–Kier alpha value is -2.70. The minimum atomic E-state index is -0.705. The number of hydrogen-bond donors (Lipinski definition) is 1. The fourth-order valence-corrected chi connectivity index (χ4v) is 4.81. The van der Waals surface area contributed by atoms with Crippen LogP contribution >= 0.6 is 23.4 Å². The maximum Gasteiger partial charge on any atom is 0.338 e. The zero-order valence-electron chi connectivity index (χ0n) is 16.2. The third-order valence-electron chi connectivity index (χ3n) is 5.16. The van der Waals surface area contributed by atoms with Crippen LogP contribution in [0.4, 0.5) is 0 Å². The fraction of sp³-hybridized carbons (Fsp3) is 0.217. The molecule has 1 aliphatic heterocycles. The molecule has 1 unspecified atom stereocenters. The van der Waals surface area contributed by atoms with Crippen LogP contribution in [-0.2, 0) is 24.8 Å². The minimum Gasteiger partial charge on any atom is -0.511 e. The Kier molecular flexibility index (Phi) is 5.88. The summed E-state index contributed by atoms with van der Waals surface area (Å²) >= 11 is 7.69. The van der Waals surface area contributed by atoms with Gasteiger partial charge in [-0.3, -0.25) is 0 Å². The van der Waals surface area contributed by atoms with E-state index in [1.54, 1.807) is 11.8 Å². The second-order valence-corrected chi connectivity index (χ2v) is 8.53. The van der Waals surface area contributed by atoms with Gasteiger partial charge in [0.1, 0.15) is 12.4 Å². The molecule has 0 bridgehead atoms. The van der Waals surface area contributed by atoms with Gasteiger partial charge in [-0.05, 0) is 41.0 Å². The number of benzene rings is 2. The molecule has 7 heteroatoms. The van der Waals surface area contributed by atoms with E-state index in [2.05, 4.69) is 0 Å². The summed E-state index contributed by atoms with van der Waals surface area (Å²) in [6.45, 7) is 0.136. The Morgan fingerprint density at radius 2 is 2.03 bits per heavy atom. The van der Waals surface area contributed by atoms with Crippen LogP contribution in [0, 0.1) is 0 Å². The number of halogens is 1. The summed E-state index contributed by atoms with van der Waals surface area (Å²) in [7, 11) is 1.26. The third-order valence-corrected chi connectivity index (χ3v) is 6.48. The van der Waals surface area contributed by atoms with Gasteiger partial charge in [0.2, 0.25) is 0 Å². The van der Waals surface area contributed by atoms with Gasteiger partial charge < -0.3 is 14.6 Å². The number of cyclic esters (lactones) is 1. The number of thioether (sulfide) groups is 1. The van der Waals surface area contributed by atoms with Gasteiger partial charge in [-0.25, -0.2) is 9.59 Å². The molecular formula is C23H19ClO5S. The molecule has 0 radical (unpaired) electrons. The number of carbonyl (C=O) groups is 2. The van der Waals surface area contributed by atoms with Crippen LogP contribution in [0.5, 0.6) is 0 Å². The second kappa shape index (κ2) is 8.58. The van der Waals surface area contributed by atoms with Gasteiger partial charge in [-0.15, -0.1) is 11.8 Å². The maximum absolute atomic E-state index is 12.4. The lowest BCUT2D eigenvalue weighted by Gasteiger charge is -2.25.